The highest BCUT2D eigenvalue weighted by atomic mass is 14.3. The third-order valence-corrected chi connectivity index (χ3v) is 2.83. The van der Waals surface area contributed by atoms with Crippen molar-refractivity contribution < 1.29 is 0 Å². The second kappa shape index (κ2) is 4.75. The Bertz CT molecular complexity index is 340. The van der Waals surface area contributed by atoms with Gasteiger partial charge in [-0.15, -0.1) is 0 Å². The summed E-state index contributed by atoms with van der Waals surface area (Å²) in [6.07, 6.45) is 9.23. The highest BCUT2D eigenvalue weighted by Gasteiger charge is 2.11. The minimum absolute atomic E-state index is 1.06. The second-order valence-electron chi connectivity index (χ2n) is 3.53. The van der Waals surface area contributed by atoms with Gasteiger partial charge < -0.3 is 5.41 Å². The zero-order valence-electron chi connectivity index (χ0n) is 8.93. The van der Waals surface area contributed by atoms with E-state index in [1.165, 1.54) is 28.5 Å². The summed E-state index contributed by atoms with van der Waals surface area (Å²) in [6.45, 7) is 8.10. The van der Waals surface area contributed by atoms with E-state index in [2.05, 4.69) is 20.4 Å². The Kier molecular flexibility index (Phi) is 3.63. The van der Waals surface area contributed by atoms with Crippen LogP contribution < -0.4 is 0 Å². The minimum atomic E-state index is 1.06. The first-order valence-corrected chi connectivity index (χ1v) is 4.90. The largest absolute Gasteiger partial charge is 0.309 e. The van der Waals surface area contributed by atoms with E-state index in [1.807, 2.05) is 12.2 Å². The van der Waals surface area contributed by atoms with Crippen LogP contribution in [0.3, 0.4) is 0 Å². The fourth-order valence-electron chi connectivity index (χ4n) is 1.75. The number of hydrogen-bond donors (Lipinski definition) is 1. The number of allylic oxidation sites excluding steroid dienone is 7. The highest BCUT2D eigenvalue weighted by molar-refractivity contribution is 5.69. The molecule has 0 heterocycles. The molecule has 0 aromatic heterocycles. The SMILES string of the molecule is C=CC1=C(C)C(C)=C(/C=C\C=N)CC1. The lowest BCUT2D eigenvalue weighted by molar-refractivity contribution is 0.908. The van der Waals surface area contributed by atoms with Gasteiger partial charge in [0.25, 0.3) is 0 Å². The summed E-state index contributed by atoms with van der Waals surface area (Å²) in [4.78, 5) is 0. The van der Waals surface area contributed by atoms with E-state index in [1.54, 1.807) is 6.08 Å². The van der Waals surface area contributed by atoms with Crippen LogP contribution in [0.4, 0.5) is 0 Å². The molecule has 0 saturated heterocycles. The number of rotatable bonds is 3. The summed E-state index contributed by atoms with van der Waals surface area (Å²) in [6, 6.07) is 0. The van der Waals surface area contributed by atoms with Crippen LogP contribution in [-0.2, 0) is 0 Å². The number of hydrogen-bond acceptors (Lipinski definition) is 1. The lowest BCUT2D eigenvalue weighted by atomic mass is 9.87. The topological polar surface area (TPSA) is 23.9 Å². The maximum atomic E-state index is 6.95. The third-order valence-electron chi connectivity index (χ3n) is 2.83. The van der Waals surface area contributed by atoms with Crippen LogP contribution >= 0.6 is 0 Å². The Labute approximate surface area is 86.0 Å². The predicted octanol–water partition coefficient (Wildman–Crippen LogP) is 3.80. The standard InChI is InChI=1S/C13H17N/c1-4-12-7-8-13(6-5-9-14)11(3)10(12)2/h4-6,9,14H,1,7-8H2,2-3H3/b6-5-,14-9?. The Hall–Kier alpha value is -1.37. The van der Waals surface area contributed by atoms with E-state index in [0.29, 0.717) is 0 Å². The fourth-order valence-corrected chi connectivity index (χ4v) is 1.75. The molecule has 1 rings (SSSR count). The highest BCUT2D eigenvalue weighted by Crippen LogP contribution is 2.30. The molecule has 1 heteroatoms. The Morgan fingerprint density at radius 3 is 2.29 bits per heavy atom. The smallest absolute Gasteiger partial charge is 0.0177 e. The van der Waals surface area contributed by atoms with Crippen LogP contribution in [-0.4, -0.2) is 6.21 Å². The van der Waals surface area contributed by atoms with E-state index in [9.17, 15) is 0 Å². The Morgan fingerprint density at radius 2 is 1.71 bits per heavy atom. The van der Waals surface area contributed by atoms with Crippen LogP contribution in [0.2, 0.25) is 0 Å². The van der Waals surface area contributed by atoms with E-state index >= 15 is 0 Å². The summed E-state index contributed by atoms with van der Waals surface area (Å²) in [5.74, 6) is 0. The molecule has 0 aromatic rings. The zero-order valence-corrected chi connectivity index (χ0v) is 8.93. The maximum absolute atomic E-state index is 6.95. The van der Waals surface area contributed by atoms with Crippen LogP contribution in [0, 0.1) is 5.41 Å². The molecule has 1 nitrogen and oxygen atoms in total. The average Bonchev–Trinajstić information content (AvgIpc) is 2.20. The molecule has 0 saturated carbocycles. The van der Waals surface area contributed by atoms with Crippen molar-refractivity contribution in [2.24, 2.45) is 0 Å². The van der Waals surface area contributed by atoms with Gasteiger partial charge >= 0.3 is 0 Å². The predicted molar refractivity (Wildman–Crippen MR) is 62.8 cm³/mol. The van der Waals surface area contributed by atoms with Gasteiger partial charge in [0.15, 0.2) is 0 Å². The molecule has 0 aromatic carbocycles. The molecule has 0 amide bonds. The minimum Gasteiger partial charge on any atom is -0.309 e. The molecule has 0 spiro atoms. The summed E-state index contributed by atoms with van der Waals surface area (Å²) in [5, 5.41) is 6.95. The Morgan fingerprint density at radius 1 is 1.14 bits per heavy atom. The maximum Gasteiger partial charge on any atom is 0.0177 e. The lowest BCUT2D eigenvalue weighted by Gasteiger charge is -2.18. The normalized spacial score (nSPS) is 17.9. The van der Waals surface area contributed by atoms with Crippen molar-refractivity contribution in [3.63, 3.8) is 0 Å². The molecule has 0 atom stereocenters. The Balaban J connectivity index is 3.04. The lowest BCUT2D eigenvalue weighted by Crippen LogP contribution is -1.99. The molecular weight excluding hydrogens is 170 g/mol. The number of nitrogens with one attached hydrogen (secondary N) is 1. The molecule has 1 aliphatic rings. The van der Waals surface area contributed by atoms with Gasteiger partial charge in [-0.1, -0.05) is 18.7 Å². The van der Waals surface area contributed by atoms with Crippen LogP contribution in [0.15, 0.2) is 47.1 Å². The van der Waals surface area contributed by atoms with Gasteiger partial charge in [-0.25, -0.2) is 0 Å². The van der Waals surface area contributed by atoms with Crippen LogP contribution in [0.25, 0.3) is 0 Å². The van der Waals surface area contributed by atoms with Gasteiger partial charge in [0.05, 0.1) is 0 Å². The van der Waals surface area contributed by atoms with Gasteiger partial charge in [-0.3, -0.25) is 0 Å². The molecule has 0 unspecified atom stereocenters. The van der Waals surface area contributed by atoms with Gasteiger partial charge in [-0.2, -0.15) is 0 Å². The summed E-state index contributed by atoms with van der Waals surface area (Å²) in [7, 11) is 0. The molecule has 1 aliphatic carbocycles. The monoisotopic (exact) mass is 187 g/mol. The van der Waals surface area contributed by atoms with Crippen molar-refractivity contribution in [2.45, 2.75) is 26.7 Å². The van der Waals surface area contributed by atoms with Crippen molar-refractivity contribution in [1.82, 2.24) is 0 Å². The summed E-state index contributed by atoms with van der Waals surface area (Å²) < 4.78 is 0. The van der Waals surface area contributed by atoms with Crippen molar-refractivity contribution >= 4 is 6.21 Å². The van der Waals surface area contributed by atoms with E-state index < -0.39 is 0 Å². The molecule has 0 bridgehead atoms. The van der Waals surface area contributed by atoms with E-state index in [-0.39, 0.29) is 0 Å². The zero-order chi connectivity index (χ0) is 10.6. The first-order chi connectivity index (χ1) is 6.70. The van der Waals surface area contributed by atoms with E-state index in [4.69, 9.17) is 5.41 Å². The van der Waals surface area contributed by atoms with E-state index in [0.717, 1.165) is 12.8 Å². The van der Waals surface area contributed by atoms with Crippen LogP contribution in [0.1, 0.15) is 26.7 Å². The van der Waals surface area contributed by atoms with Crippen molar-refractivity contribution in [3.05, 3.63) is 47.1 Å². The second-order valence-corrected chi connectivity index (χ2v) is 3.53. The first kappa shape index (κ1) is 10.7. The molecule has 0 fully saturated rings. The third kappa shape index (κ3) is 2.11. The molecule has 14 heavy (non-hydrogen) atoms. The van der Waals surface area contributed by atoms with Gasteiger partial charge in [-0.05, 0) is 55.1 Å². The van der Waals surface area contributed by atoms with Gasteiger partial charge in [0.2, 0.25) is 0 Å². The molecule has 74 valence electrons. The molecule has 0 aliphatic heterocycles. The molecule has 1 N–H and O–H groups in total. The summed E-state index contributed by atoms with van der Waals surface area (Å²) >= 11 is 0. The van der Waals surface area contributed by atoms with Crippen molar-refractivity contribution in [3.8, 4) is 0 Å². The molecule has 0 radical (unpaired) electrons. The fraction of sp³-hybridized carbons (Fsp3) is 0.308. The average molecular weight is 187 g/mol. The first-order valence-electron chi connectivity index (χ1n) is 4.90. The van der Waals surface area contributed by atoms with Crippen molar-refractivity contribution in [2.75, 3.05) is 0 Å². The molecular formula is C13H17N. The van der Waals surface area contributed by atoms with Crippen LogP contribution in [0.5, 0.6) is 0 Å². The quantitative estimate of drug-likeness (QED) is 0.650. The van der Waals surface area contributed by atoms with Crippen molar-refractivity contribution in [1.29, 1.82) is 5.41 Å². The summed E-state index contributed by atoms with van der Waals surface area (Å²) in [5.41, 5.74) is 5.38. The van der Waals surface area contributed by atoms with Gasteiger partial charge in [0.1, 0.15) is 0 Å². The van der Waals surface area contributed by atoms with Gasteiger partial charge in [0, 0.05) is 6.21 Å².